The summed E-state index contributed by atoms with van der Waals surface area (Å²) in [5.41, 5.74) is 1.88. The maximum atomic E-state index is 12.4. The molecule has 2 aromatic rings. The van der Waals surface area contributed by atoms with Crippen LogP contribution in [0.3, 0.4) is 0 Å². The average Bonchev–Trinajstić information content (AvgIpc) is 2.55. The number of amides is 1. The van der Waals surface area contributed by atoms with E-state index in [1.807, 2.05) is 23.9 Å². The van der Waals surface area contributed by atoms with Gasteiger partial charge in [-0.15, -0.1) is 11.8 Å². The number of rotatable bonds is 3. The van der Waals surface area contributed by atoms with Crippen LogP contribution in [0.4, 0.5) is 0 Å². The summed E-state index contributed by atoms with van der Waals surface area (Å²) >= 11 is 1.85. The van der Waals surface area contributed by atoms with E-state index in [9.17, 15) is 4.79 Å². The van der Waals surface area contributed by atoms with Crippen LogP contribution in [0.1, 0.15) is 28.4 Å². The molecule has 0 unspecified atom stereocenters. The molecule has 2 aromatic carbocycles. The van der Waals surface area contributed by atoms with E-state index in [0.29, 0.717) is 5.56 Å². The zero-order valence-corrected chi connectivity index (χ0v) is 12.7. The van der Waals surface area contributed by atoms with E-state index in [4.69, 9.17) is 4.74 Å². The van der Waals surface area contributed by atoms with Crippen LogP contribution in [0.15, 0.2) is 53.4 Å². The summed E-state index contributed by atoms with van der Waals surface area (Å²) < 4.78 is 5.11. The number of carbonyl (C=O) groups is 1. The number of hydrogen-bond acceptors (Lipinski definition) is 3. The first kappa shape index (κ1) is 14.0. The number of benzene rings is 2. The van der Waals surface area contributed by atoms with Crippen molar-refractivity contribution in [2.45, 2.75) is 17.4 Å². The van der Waals surface area contributed by atoms with E-state index in [-0.39, 0.29) is 11.9 Å². The van der Waals surface area contributed by atoms with Gasteiger partial charge in [-0.05, 0) is 42.3 Å². The molecule has 0 aliphatic carbocycles. The van der Waals surface area contributed by atoms with E-state index in [2.05, 4.69) is 17.4 Å². The van der Waals surface area contributed by atoms with Gasteiger partial charge in [0.25, 0.3) is 5.91 Å². The van der Waals surface area contributed by atoms with Crippen LogP contribution in [0.2, 0.25) is 0 Å². The molecule has 0 bridgehead atoms. The van der Waals surface area contributed by atoms with Gasteiger partial charge >= 0.3 is 0 Å². The Bertz CT molecular complexity index is 639. The summed E-state index contributed by atoms with van der Waals surface area (Å²) in [7, 11) is 1.62. The average molecular weight is 299 g/mol. The number of ether oxygens (including phenoxy) is 1. The Morgan fingerprint density at radius 3 is 2.71 bits per heavy atom. The lowest BCUT2D eigenvalue weighted by Gasteiger charge is -2.25. The van der Waals surface area contributed by atoms with Crippen LogP contribution < -0.4 is 10.1 Å². The molecule has 4 heteroatoms. The third-order valence-electron chi connectivity index (χ3n) is 3.62. The molecular weight excluding hydrogens is 282 g/mol. The summed E-state index contributed by atoms with van der Waals surface area (Å²) in [4.78, 5) is 13.6. The second-order valence-corrected chi connectivity index (χ2v) is 6.07. The number of hydrogen-bond donors (Lipinski definition) is 1. The molecule has 1 aliphatic heterocycles. The van der Waals surface area contributed by atoms with Gasteiger partial charge < -0.3 is 10.1 Å². The summed E-state index contributed by atoms with van der Waals surface area (Å²) in [6, 6.07) is 15.6. The predicted octanol–water partition coefficient (Wildman–Crippen LogP) is 3.66. The quantitative estimate of drug-likeness (QED) is 0.940. The lowest BCUT2D eigenvalue weighted by molar-refractivity contribution is 0.0935. The van der Waals surface area contributed by atoms with Crippen molar-refractivity contribution < 1.29 is 9.53 Å². The van der Waals surface area contributed by atoms with E-state index in [1.165, 1.54) is 10.5 Å². The van der Waals surface area contributed by atoms with Crippen molar-refractivity contribution in [3.05, 3.63) is 59.7 Å². The Balaban J connectivity index is 1.76. The van der Waals surface area contributed by atoms with Gasteiger partial charge in [-0.1, -0.05) is 18.2 Å². The summed E-state index contributed by atoms with van der Waals surface area (Å²) in [5.74, 6) is 1.75. The minimum absolute atomic E-state index is 0.0376. The zero-order chi connectivity index (χ0) is 14.7. The molecule has 1 heterocycles. The van der Waals surface area contributed by atoms with E-state index < -0.39 is 0 Å². The first-order valence-corrected chi connectivity index (χ1v) is 7.93. The highest BCUT2D eigenvalue weighted by Crippen LogP contribution is 2.35. The van der Waals surface area contributed by atoms with Crippen LogP contribution in [0, 0.1) is 0 Å². The fourth-order valence-corrected chi connectivity index (χ4v) is 3.60. The van der Waals surface area contributed by atoms with Crippen molar-refractivity contribution >= 4 is 17.7 Å². The highest BCUT2D eigenvalue weighted by atomic mass is 32.2. The Morgan fingerprint density at radius 2 is 1.95 bits per heavy atom. The molecule has 1 N–H and O–H groups in total. The molecule has 0 radical (unpaired) electrons. The number of carbonyl (C=O) groups excluding carboxylic acids is 1. The first-order chi connectivity index (χ1) is 10.3. The zero-order valence-electron chi connectivity index (χ0n) is 11.8. The molecule has 1 amide bonds. The molecule has 1 aliphatic rings. The van der Waals surface area contributed by atoms with Crippen molar-refractivity contribution in [2.75, 3.05) is 12.9 Å². The lowest BCUT2D eigenvalue weighted by Crippen LogP contribution is -2.30. The highest BCUT2D eigenvalue weighted by molar-refractivity contribution is 7.99. The largest absolute Gasteiger partial charge is 0.497 e. The number of methoxy groups -OCH3 is 1. The number of nitrogens with one attached hydrogen (secondary N) is 1. The molecule has 3 rings (SSSR count). The van der Waals surface area contributed by atoms with Crippen LogP contribution in [0.5, 0.6) is 5.75 Å². The minimum atomic E-state index is -0.0376. The van der Waals surface area contributed by atoms with Crippen molar-refractivity contribution in [3.63, 3.8) is 0 Å². The molecule has 3 nitrogen and oxygen atoms in total. The SMILES string of the molecule is COc1ccc(C(=O)N[C@H]2CCSc3ccccc32)cc1. The van der Waals surface area contributed by atoms with Crippen LogP contribution in [-0.2, 0) is 0 Å². The molecule has 0 aromatic heterocycles. The van der Waals surface area contributed by atoms with E-state index in [1.54, 1.807) is 31.4 Å². The highest BCUT2D eigenvalue weighted by Gasteiger charge is 2.22. The minimum Gasteiger partial charge on any atom is -0.497 e. The van der Waals surface area contributed by atoms with Crippen molar-refractivity contribution in [3.8, 4) is 5.75 Å². The predicted molar refractivity (Wildman–Crippen MR) is 85.0 cm³/mol. The van der Waals surface area contributed by atoms with Gasteiger partial charge in [-0.2, -0.15) is 0 Å². The van der Waals surface area contributed by atoms with E-state index in [0.717, 1.165) is 17.9 Å². The summed E-state index contributed by atoms with van der Waals surface area (Å²) in [5, 5.41) is 3.14. The Morgan fingerprint density at radius 1 is 1.19 bits per heavy atom. The monoisotopic (exact) mass is 299 g/mol. The van der Waals surface area contributed by atoms with E-state index >= 15 is 0 Å². The van der Waals surface area contributed by atoms with Gasteiger partial charge in [-0.3, -0.25) is 4.79 Å². The Hall–Kier alpha value is -1.94. The van der Waals surface area contributed by atoms with Gasteiger partial charge in [0.1, 0.15) is 5.75 Å². The van der Waals surface area contributed by atoms with Gasteiger partial charge in [0.15, 0.2) is 0 Å². The second kappa shape index (κ2) is 6.22. The molecule has 0 saturated carbocycles. The number of thioether (sulfide) groups is 1. The molecular formula is C17H17NO2S. The van der Waals surface area contributed by atoms with Crippen molar-refractivity contribution in [2.24, 2.45) is 0 Å². The smallest absolute Gasteiger partial charge is 0.251 e. The Labute approximate surface area is 128 Å². The van der Waals surface area contributed by atoms with Gasteiger partial charge in [0, 0.05) is 16.2 Å². The van der Waals surface area contributed by atoms with Crippen LogP contribution in [0.25, 0.3) is 0 Å². The summed E-state index contributed by atoms with van der Waals surface area (Å²) in [6.07, 6.45) is 0.962. The van der Waals surface area contributed by atoms with Gasteiger partial charge in [0.2, 0.25) is 0 Å². The van der Waals surface area contributed by atoms with Gasteiger partial charge in [0.05, 0.1) is 13.2 Å². The third-order valence-corrected chi connectivity index (χ3v) is 4.74. The fraction of sp³-hybridized carbons (Fsp3) is 0.235. The summed E-state index contributed by atoms with van der Waals surface area (Å²) in [6.45, 7) is 0. The topological polar surface area (TPSA) is 38.3 Å². The van der Waals surface area contributed by atoms with Crippen molar-refractivity contribution in [1.29, 1.82) is 0 Å². The molecule has 0 saturated heterocycles. The normalized spacial score (nSPS) is 16.9. The third kappa shape index (κ3) is 3.05. The molecule has 1 atom stereocenters. The standard InChI is InChI=1S/C17H17NO2S/c1-20-13-8-6-12(7-9-13)17(19)18-15-10-11-21-16-5-3-2-4-14(15)16/h2-9,15H,10-11H2,1H3,(H,18,19)/t15-/m0/s1. The van der Waals surface area contributed by atoms with Gasteiger partial charge in [-0.25, -0.2) is 0 Å². The second-order valence-electron chi connectivity index (χ2n) is 4.93. The maximum absolute atomic E-state index is 12.4. The molecule has 108 valence electrons. The Kier molecular flexibility index (Phi) is 4.15. The fourth-order valence-electron chi connectivity index (χ4n) is 2.48. The first-order valence-electron chi connectivity index (χ1n) is 6.94. The number of fused-ring (bicyclic) bond motifs is 1. The molecule has 0 fully saturated rings. The van der Waals surface area contributed by atoms with Crippen LogP contribution >= 0.6 is 11.8 Å². The molecule has 0 spiro atoms. The van der Waals surface area contributed by atoms with Crippen molar-refractivity contribution in [1.82, 2.24) is 5.32 Å². The van der Waals surface area contributed by atoms with Crippen LogP contribution in [-0.4, -0.2) is 18.8 Å². The maximum Gasteiger partial charge on any atom is 0.251 e. The molecule has 21 heavy (non-hydrogen) atoms. The lowest BCUT2D eigenvalue weighted by atomic mass is 10.0.